The van der Waals surface area contributed by atoms with Crippen LogP contribution in [-0.2, 0) is 13.0 Å². The molecule has 2 aromatic heterocycles. The van der Waals surface area contributed by atoms with Crippen LogP contribution in [0, 0.1) is 0 Å². The van der Waals surface area contributed by atoms with Crippen LogP contribution in [0.25, 0.3) is 5.65 Å². The highest BCUT2D eigenvalue weighted by Crippen LogP contribution is 2.08. The summed E-state index contributed by atoms with van der Waals surface area (Å²) in [5.74, 6) is 0.639. The van der Waals surface area contributed by atoms with Gasteiger partial charge in [-0.2, -0.15) is 9.61 Å². The van der Waals surface area contributed by atoms with E-state index in [1.807, 2.05) is 0 Å². The van der Waals surface area contributed by atoms with Crippen molar-refractivity contribution in [3.05, 3.63) is 58.0 Å². The highest BCUT2D eigenvalue weighted by Gasteiger charge is 2.02. The van der Waals surface area contributed by atoms with E-state index in [-0.39, 0.29) is 5.69 Å². The molecule has 2 N–H and O–H groups in total. The first-order valence-electron chi connectivity index (χ1n) is 6.52. The first-order valence-corrected chi connectivity index (χ1v) is 6.52. The summed E-state index contributed by atoms with van der Waals surface area (Å²) in [4.78, 5) is 11.4. The summed E-state index contributed by atoms with van der Waals surface area (Å²) in [5, 5.41) is 13.6. The number of anilines is 1. The van der Waals surface area contributed by atoms with Crippen molar-refractivity contribution in [1.29, 1.82) is 0 Å². The number of H-pyrrole nitrogens is 1. The molecule has 20 heavy (non-hydrogen) atoms. The van der Waals surface area contributed by atoms with Crippen LogP contribution in [0.15, 0.2) is 41.2 Å². The number of hydrogen-bond acceptors (Lipinski definition) is 4. The second-order valence-electron chi connectivity index (χ2n) is 4.54. The molecule has 102 valence electrons. The average molecular weight is 269 g/mol. The predicted octanol–water partition coefficient (Wildman–Crippen LogP) is 1.59. The number of benzene rings is 1. The van der Waals surface area contributed by atoms with E-state index in [4.69, 9.17) is 0 Å². The summed E-state index contributed by atoms with van der Waals surface area (Å²) in [7, 11) is 0. The van der Waals surface area contributed by atoms with Gasteiger partial charge in [0, 0.05) is 6.54 Å². The van der Waals surface area contributed by atoms with Crippen LogP contribution in [0.2, 0.25) is 0 Å². The molecule has 0 aliphatic carbocycles. The predicted molar refractivity (Wildman–Crippen MR) is 76.8 cm³/mol. The lowest BCUT2D eigenvalue weighted by molar-refractivity contribution is 0.875. The van der Waals surface area contributed by atoms with Crippen LogP contribution < -0.4 is 11.0 Å². The smallest absolute Gasteiger partial charge is 0.364 e. The lowest BCUT2D eigenvalue weighted by Crippen LogP contribution is -2.13. The minimum absolute atomic E-state index is 0.337. The van der Waals surface area contributed by atoms with E-state index in [0.717, 1.165) is 6.42 Å². The minimum atomic E-state index is -0.337. The van der Waals surface area contributed by atoms with Gasteiger partial charge < -0.3 is 5.32 Å². The van der Waals surface area contributed by atoms with Gasteiger partial charge in [-0.1, -0.05) is 31.2 Å². The highest BCUT2D eigenvalue weighted by atomic mass is 16.2. The Labute approximate surface area is 115 Å². The topological polar surface area (TPSA) is 75.1 Å². The van der Waals surface area contributed by atoms with Crippen LogP contribution in [0.1, 0.15) is 18.1 Å². The molecular weight excluding hydrogens is 254 g/mol. The van der Waals surface area contributed by atoms with Crippen LogP contribution in [-0.4, -0.2) is 19.8 Å². The lowest BCUT2D eigenvalue weighted by Gasteiger charge is -2.06. The number of nitrogens with one attached hydrogen (secondary N) is 2. The minimum Gasteiger partial charge on any atom is -0.365 e. The van der Waals surface area contributed by atoms with Crippen molar-refractivity contribution in [1.82, 2.24) is 19.8 Å². The molecule has 0 spiro atoms. The molecule has 1 aromatic carbocycles. The quantitative estimate of drug-likeness (QED) is 0.754. The number of rotatable bonds is 4. The van der Waals surface area contributed by atoms with Crippen LogP contribution in [0.3, 0.4) is 0 Å². The summed E-state index contributed by atoms with van der Waals surface area (Å²) >= 11 is 0. The standard InChI is InChI=1S/C14H15N5O/c1-2-10-3-5-11(6-4-10)9-15-12-7-8-13-16-17-14(20)19(13)18-12/h3-8H,2,9H2,1H3,(H,15,18)(H,17,20). The van der Waals surface area contributed by atoms with Gasteiger partial charge in [0.25, 0.3) is 0 Å². The second kappa shape index (κ2) is 5.16. The zero-order chi connectivity index (χ0) is 13.9. The van der Waals surface area contributed by atoms with Gasteiger partial charge in [0.05, 0.1) is 0 Å². The maximum atomic E-state index is 11.4. The summed E-state index contributed by atoms with van der Waals surface area (Å²) in [6.45, 7) is 2.80. The molecule has 0 radical (unpaired) electrons. The van der Waals surface area contributed by atoms with Crippen molar-refractivity contribution in [2.75, 3.05) is 5.32 Å². The Kier molecular flexibility index (Phi) is 3.20. The second-order valence-corrected chi connectivity index (χ2v) is 4.54. The molecule has 0 saturated carbocycles. The number of fused-ring (bicyclic) bond motifs is 1. The van der Waals surface area contributed by atoms with Gasteiger partial charge in [0.1, 0.15) is 5.82 Å². The molecule has 0 aliphatic heterocycles. The fourth-order valence-electron chi connectivity index (χ4n) is 1.98. The first kappa shape index (κ1) is 12.4. The van der Waals surface area contributed by atoms with Gasteiger partial charge in [-0.15, -0.1) is 5.10 Å². The molecule has 0 fully saturated rings. The number of hydrogen-bond donors (Lipinski definition) is 2. The molecule has 3 rings (SSSR count). The molecule has 0 bridgehead atoms. The number of nitrogens with zero attached hydrogens (tertiary/aromatic N) is 3. The summed E-state index contributed by atoms with van der Waals surface area (Å²) in [5.41, 5.74) is 2.66. The third-order valence-corrected chi connectivity index (χ3v) is 3.18. The lowest BCUT2D eigenvalue weighted by atomic mass is 10.1. The molecule has 0 unspecified atom stereocenters. The van der Waals surface area contributed by atoms with Crippen LogP contribution in [0.4, 0.5) is 5.82 Å². The highest BCUT2D eigenvalue weighted by molar-refractivity contribution is 5.43. The first-order chi connectivity index (χ1) is 9.76. The maximum absolute atomic E-state index is 11.4. The number of aryl methyl sites for hydroxylation is 1. The van der Waals surface area contributed by atoms with Gasteiger partial charge in [0.2, 0.25) is 0 Å². The molecule has 0 aliphatic rings. The molecule has 6 heteroatoms. The monoisotopic (exact) mass is 269 g/mol. The third kappa shape index (κ3) is 2.40. The van der Waals surface area contributed by atoms with E-state index in [2.05, 4.69) is 51.8 Å². The van der Waals surface area contributed by atoms with Crippen LogP contribution >= 0.6 is 0 Å². The Balaban J connectivity index is 1.75. The Morgan fingerprint density at radius 2 is 1.90 bits per heavy atom. The van der Waals surface area contributed by atoms with E-state index in [1.54, 1.807) is 12.1 Å². The largest absolute Gasteiger partial charge is 0.365 e. The molecule has 6 nitrogen and oxygen atoms in total. The average Bonchev–Trinajstić information content (AvgIpc) is 2.87. The van der Waals surface area contributed by atoms with Gasteiger partial charge in [-0.05, 0) is 29.7 Å². The Morgan fingerprint density at radius 1 is 1.15 bits per heavy atom. The zero-order valence-corrected chi connectivity index (χ0v) is 11.1. The zero-order valence-electron chi connectivity index (χ0n) is 11.1. The van der Waals surface area contributed by atoms with E-state index >= 15 is 0 Å². The van der Waals surface area contributed by atoms with Gasteiger partial charge in [0.15, 0.2) is 5.65 Å². The summed E-state index contributed by atoms with van der Waals surface area (Å²) in [6.07, 6.45) is 1.04. The van der Waals surface area contributed by atoms with E-state index in [1.165, 1.54) is 15.6 Å². The molecule has 0 atom stereocenters. The van der Waals surface area contributed by atoms with Crippen molar-refractivity contribution in [2.45, 2.75) is 19.9 Å². The van der Waals surface area contributed by atoms with Crippen molar-refractivity contribution >= 4 is 11.5 Å². The van der Waals surface area contributed by atoms with Crippen molar-refractivity contribution < 1.29 is 0 Å². The van der Waals surface area contributed by atoms with Crippen molar-refractivity contribution in [3.8, 4) is 0 Å². The Morgan fingerprint density at radius 3 is 2.65 bits per heavy atom. The molecular formula is C14H15N5O. The Hall–Kier alpha value is -2.63. The van der Waals surface area contributed by atoms with Crippen molar-refractivity contribution in [3.63, 3.8) is 0 Å². The number of aromatic nitrogens is 4. The van der Waals surface area contributed by atoms with Crippen LogP contribution in [0.5, 0.6) is 0 Å². The van der Waals surface area contributed by atoms with Gasteiger partial charge in [-0.3, -0.25) is 0 Å². The fourth-order valence-corrected chi connectivity index (χ4v) is 1.98. The third-order valence-electron chi connectivity index (χ3n) is 3.18. The Bertz CT molecular complexity index is 772. The van der Waals surface area contributed by atoms with E-state index < -0.39 is 0 Å². The normalized spacial score (nSPS) is 10.8. The van der Waals surface area contributed by atoms with E-state index in [0.29, 0.717) is 18.0 Å². The van der Waals surface area contributed by atoms with Crippen molar-refractivity contribution in [2.24, 2.45) is 0 Å². The SMILES string of the molecule is CCc1ccc(CNc2ccc3n[nH]c(=O)n3n2)cc1. The fraction of sp³-hybridized carbons (Fsp3) is 0.214. The molecule has 2 heterocycles. The summed E-state index contributed by atoms with van der Waals surface area (Å²) < 4.78 is 1.24. The summed E-state index contributed by atoms with van der Waals surface area (Å²) in [6, 6.07) is 12.0. The number of aromatic amines is 1. The maximum Gasteiger partial charge on any atom is 0.364 e. The molecule has 0 saturated heterocycles. The van der Waals surface area contributed by atoms with E-state index in [9.17, 15) is 4.79 Å². The molecule has 0 amide bonds. The molecule has 3 aromatic rings. The van der Waals surface area contributed by atoms with Gasteiger partial charge >= 0.3 is 5.69 Å². The van der Waals surface area contributed by atoms with Gasteiger partial charge in [-0.25, -0.2) is 9.89 Å².